The van der Waals surface area contributed by atoms with Crippen LogP contribution < -0.4 is 5.32 Å². The minimum Gasteiger partial charge on any atom is -0.460 e. The zero-order valence-electron chi connectivity index (χ0n) is 12.9. The SMILES string of the molecule is C=C(C)C(=O)OCCNC(=O)OC1CC2CC1C1C=CCC21. The molecular weight excluding hydrogens is 282 g/mol. The molecule has 3 rings (SSSR count). The number of esters is 1. The summed E-state index contributed by atoms with van der Waals surface area (Å²) in [6, 6.07) is 0. The molecule has 1 N–H and O–H groups in total. The largest absolute Gasteiger partial charge is 0.460 e. The van der Waals surface area contributed by atoms with E-state index in [4.69, 9.17) is 9.47 Å². The second kappa shape index (κ2) is 6.15. The van der Waals surface area contributed by atoms with E-state index in [1.54, 1.807) is 6.92 Å². The fraction of sp³-hybridized carbons (Fsp3) is 0.647. The van der Waals surface area contributed by atoms with Gasteiger partial charge in [-0.05, 0) is 43.9 Å². The molecule has 0 saturated heterocycles. The van der Waals surface area contributed by atoms with Crippen molar-refractivity contribution in [1.82, 2.24) is 5.32 Å². The summed E-state index contributed by atoms with van der Waals surface area (Å²) >= 11 is 0. The smallest absolute Gasteiger partial charge is 0.407 e. The lowest BCUT2D eigenvalue weighted by molar-refractivity contribution is -0.138. The monoisotopic (exact) mass is 305 g/mol. The summed E-state index contributed by atoms with van der Waals surface area (Å²) in [6.45, 7) is 5.47. The number of alkyl carbamates (subject to hydrolysis) is 1. The summed E-state index contributed by atoms with van der Waals surface area (Å²) in [5.74, 6) is 2.14. The predicted octanol–water partition coefficient (Wildman–Crippen LogP) is 2.43. The highest BCUT2D eigenvalue weighted by Crippen LogP contribution is 2.57. The van der Waals surface area contributed by atoms with E-state index in [0.717, 1.165) is 12.3 Å². The van der Waals surface area contributed by atoms with Crippen molar-refractivity contribution >= 4 is 12.1 Å². The molecular formula is C17H23NO4. The van der Waals surface area contributed by atoms with Gasteiger partial charge in [0.2, 0.25) is 0 Å². The summed E-state index contributed by atoms with van der Waals surface area (Å²) in [5, 5.41) is 2.64. The van der Waals surface area contributed by atoms with E-state index in [0.29, 0.717) is 23.3 Å². The van der Waals surface area contributed by atoms with Crippen molar-refractivity contribution in [3.05, 3.63) is 24.3 Å². The maximum atomic E-state index is 11.8. The molecule has 0 spiro atoms. The molecule has 0 aliphatic heterocycles. The van der Waals surface area contributed by atoms with E-state index in [9.17, 15) is 9.59 Å². The summed E-state index contributed by atoms with van der Waals surface area (Å²) in [5.41, 5.74) is 0.351. The number of carbonyl (C=O) groups excluding carboxylic acids is 2. The van der Waals surface area contributed by atoms with E-state index < -0.39 is 12.1 Å². The van der Waals surface area contributed by atoms with Crippen LogP contribution in [0.5, 0.6) is 0 Å². The first kappa shape index (κ1) is 15.1. The van der Waals surface area contributed by atoms with Crippen LogP contribution in [0.2, 0.25) is 0 Å². The Morgan fingerprint density at radius 3 is 2.91 bits per heavy atom. The van der Waals surface area contributed by atoms with Gasteiger partial charge in [-0.15, -0.1) is 0 Å². The van der Waals surface area contributed by atoms with Crippen LogP contribution in [0.4, 0.5) is 4.79 Å². The topological polar surface area (TPSA) is 64.6 Å². The molecule has 3 aliphatic carbocycles. The van der Waals surface area contributed by atoms with E-state index in [1.165, 1.54) is 12.8 Å². The highest BCUT2D eigenvalue weighted by atomic mass is 16.6. The molecule has 2 bridgehead atoms. The minimum absolute atomic E-state index is 0.0342. The molecule has 0 aromatic carbocycles. The van der Waals surface area contributed by atoms with Gasteiger partial charge in [-0.1, -0.05) is 18.7 Å². The first-order chi connectivity index (χ1) is 10.6. The van der Waals surface area contributed by atoms with Gasteiger partial charge < -0.3 is 14.8 Å². The fourth-order valence-electron chi connectivity index (χ4n) is 4.22. The van der Waals surface area contributed by atoms with Gasteiger partial charge in [0.25, 0.3) is 0 Å². The predicted molar refractivity (Wildman–Crippen MR) is 81.0 cm³/mol. The number of rotatable bonds is 5. The quantitative estimate of drug-likeness (QED) is 0.367. The van der Waals surface area contributed by atoms with Gasteiger partial charge in [0.15, 0.2) is 0 Å². The molecule has 0 radical (unpaired) electrons. The first-order valence-corrected chi connectivity index (χ1v) is 8.00. The zero-order chi connectivity index (χ0) is 15.7. The third-order valence-corrected chi connectivity index (χ3v) is 5.16. The van der Waals surface area contributed by atoms with Crippen molar-refractivity contribution in [2.75, 3.05) is 13.2 Å². The van der Waals surface area contributed by atoms with Gasteiger partial charge in [0, 0.05) is 11.5 Å². The van der Waals surface area contributed by atoms with E-state index >= 15 is 0 Å². The number of hydrogen-bond donors (Lipinski definition) is 1. The maximum absolute atomic E-state index is 11.8. The molecule has 2 fully saturated rings. The lowest BCUT2D eigenvalue weighted by atomic mass is 9.80. The molecule has 120 valence electrons. The van der Waals surface area contributed by atoms with Crippen LogP contribution in [0.1, 0.15) is 26.2 Å². The molecule has 5 nitrogen and oxygen atoms in total. The number of allylic oxidation sites excluding steroid dienone is 2. The molecule has 0 aromatic rings. The molecule has 5 heteroatoms. The number of fused-ring (bicyclic) bond motifs is 5. The molecule has 5 unspecified atom stereocenters. The van der Waals surface area contributed by atoms with Crippen LogP contribution in [0, 0.1) is 23.7 Å². The summed E-state index contributed by atoms with van der Waals surface area (Å²) in [7, 11) is 0. The van der Waals surface area contributed by atoms with Crippen molar-refractivity contribution in [2.45, 2.75) is 32.3 Å². The van der Waals surface area contributed by atoms with E-state index in [2.05, 4.69) is 24.0 Å². The van der Waals surface area contributed by atoms with Crippen molar-refractivity contribution < 1.29 is 19.1 Å². The van der Waals surface area contributed by atoms with Gasteiger partial charge in [-0.3, -0.25) is 0 Å². The standard InChI is InChI=1S/C17H23NO4/c1-10(2)16(19)21-7-6-18-17(20)22-15-9-11-8-14(15)13-5-3-4-12(11)13/h3,5,11-15H,1,4,6-9H2,2H3,(H,18,20). The molecule has 0 aromatic heterocycles. The van der Waals surface area contributed by atoms with Gasteiger partial charge in [-0.2, -0.15) is 0 Å². The summed E-state index contributed by atoms with van der Waals surface area (Å²) in [4.78, 5) is 23.0. The highest BCUT2D eigenvalue weighted by Gasteiger charge is 2.53. The third-order valence-electron chi connectivity index (χ3n) is 5.16. The van der Waals surface area contributed by atoms with Crippen LogP contribution in [0.3, 0.4) is 0 Å². The van der Waals surface area contributed by atoms with Crippen molar-refractivity contribution in [3.8, 4) is 0 Å². The Morgan fingerprint density at radius 1 is 1.32 bits per heavy atom. The Balaban J connectivity index is 1.37. The molecule has 5 atom stereocenters. The average Bonchev–Trinajstić information content (AvgIpc) is 3.14. The maximum Gasteiger partial charge on any atom is 0.407 e. The van der Waals surface area contributed by atoms with E-state index in [-0.39, 0.29) is 19.3 Å². The highest BCUT2D eigenvalue weighted by molar-refractivity contribution is 5.86. The average molecular weight is 305 g/mol. The zero-order valence-corrected chi connectivity index (χ0v) is 12.9. The number of hydrogen-bond acceptors (Lipinski definition) is 4. The molecule has 0 heterocycles. The van der Waals surface area contributed by atoms with Crippen molar-refractivity contribution in [2.24, 2.45) is 23.7 Å². The molecule has 3 aliphatic rings. The Labute approximate surface area is 130 Å². The Bertz CT molecular complexity index is 513. The fourth-order valence-corrected chi connectivity index (χ4v) is 4.22. The number of amides is 1. The minimum atomic E-state index is -0.442. The Hall–Kier alpha value is -1.78. The van der Waals surface area contributed by atoms with Crippen LogP contribution in [-0.2, 0) is 14.3 Å². The van der Waals surface area contributed by atoms with Crippen LogP contribution in [-0.4, -0.2) is 31.3 Å². The Kier molecular flexibility index (Phi) is 4.23. The van der Waals surface area contributed by atoms with Crippen molar-refractivity contribution in [1.29, 1.82) is 0 Å². The molecule has 2 saturated carbocycles. The van der Waals surface area contributed by atoms with Crippen LogP contribution >= 0.6 is 0 Å². The van der Waals surface area contributed by atoms with Crippen LogP contribution in [0.25, 0.3) is 0 Å². The second-order valence-electron chi connectivity index (χ2n) is 6.59. The molecule has 22 heavy (non-hydrogen) atoms. The Morgan fingerprint density at radius 2 is 2.14 bits per heavy atom. The number of nitrogens with one attached hydrogen (secondary N) is 1. The van der Waals surface area contributed by atoms with Crippen molar-refractivity contribution in [3.63, 3.8) is 0 Å². The van der Waals surface area contributed by atoms with Gasteiger partial charge in [0.1, 0.15) is 12.7 Å². The lowest BCUT2D eigenvalue weighted by Gasteiger charge is -2.30. The van der Waals surface area contributed by atoms with Crippen LogP contribution in [0.15, 0.2) is 24.3 Å². The normalized spacial score (nSPS) is 34.3. The van der Waals surface area contributed by atoms with E-state index in [1.807, 2.05) is 0 Å². The third kappa shape index (κ3) is 2.89. The first-order valence-electron chi connectivity index (χ1n) is 8.00. The number of carbonyl (C=O) groups is 2. The van der Waals surface area contributed by atoms with Gasteiger partial charge >= 0.3 is 12.1 Å². The summed E-state index contributed by atoms with van der Waals surface area (Å²) in [6.07, 6.45) is 7.57. The van der Waals surface area contributed by atoms with Gasteiger partial charge in [-0.25, -0.2) is 9.59 Å². The number of ether oxygens (including phenoxy) is 2. The lowest BCUT2D eigenvalue weighted by Crippen LogP contribution is -2.37. The second-order valence-corrected chi connectivity index (χ2v) is 6.59. The van der Waals surface area contributed by atoms with Gasteiger partial charge in [0.05, 0.1) is 6.54 Å². The molecule has 1 amide bonds. The summed E-state index contributed by atoms with van der Waals surface area (Å²) < 4.78 is 10.5.